The van der Waals surface area contributed by atoms with E-state index in [9.17, 15) is 10.0 Å². The minimum Gasteiger partial charge on any atom is -0.296 e. The average Bonchev–Trinajstić information content (AvgIpc) is 2.82. The van der Waals surface area contributed by atoms with Crippen LogP contribution in [0.15, 0.2) is 34.6 Å². The predicted molar refractivity (Wildman–Crippen MR) is 86.2 cm³/mol. The summed E-state index contributed by atoms with van der Waals surface area (Å²) in [5.74, 6) is -0.186. The van der Waals surface area contributed by atoms with Crippen LogP contribution in [0.1, 0.15) is 52.4 Å². The monoisotopic (exact) mass is 302 g/mol. The van der Waals surface area contributed by atoms with Crippen LogP contribution in [-0.4, -0.2) is 40.2 Å². The Morgan fingerprint density at radius 3 is 2.73 bits per heavy atom. The zero-order valence-electron chi connectivity index (χ0n) is 13.6. The zero-order chi connectivity index (χ0) is 15.7. The Labute approximate surface area is 132 Å². The van der Waals surface area contributed by atoms with Gasteiger partial charge in [-0.3, -0.25) is 14.9 Å². The second kappa shape index (κ2) is 6.39. The van der Waals surface area contributed by atoms with Crippen LogP contribution in [0, 0.1) is 0 Å². The summed E-state index contributed by atoms with van der Waals surface area (Å²) in [6.07, 6.45) is 9.90. The second-order valence-electron chi connectivity index (χ2n) is 6.44. The molecular weight excluding hydrogens is 276 g/mol. The van der Waals surface area contributed by atoms with E-state index < -0.39 is 0 Å². The van der Waals surface area contributed by atoms with Crippen LogP contribution >= 0.6 is 0 Å². The molecule has 1 aliphatic heterocycles. The summed E-state index contributed by atoms with van der Waals surface area (Å²) in [6.45, 7) is 6.56. The average molecular weight is 302 g/mol. The van der Waals surface area contributed by atoms with Gasteiger partial charge in [0.05, 0.1) is 12.1 Å². The zero-order valence-corrected chi connectivity index (χ0v) is 13.6. The molecule has 0 spiro atoms. The predicted octanol–water partition coefficient (Wildman–Crippen LogP) is 3.40. The number of hydrogen-bond donors (Lipinski definition) is 1. The lowest BCUT2D eigenvalue weighted by Gasteiger charge is -2.39. The number of hydroxylamine groups is 2. The van der Waals surface area contributed by atoms with E-state index >= 15 is 0 Å². The molecule has 1 N–H and O–H groups in total. The van der Waals surface area contributed by atoms with Crippen molar-refractivity contribution in [1.82, 2.24) is 9.96 Å². The van der Waals surface area contributed by atoms with Gasteiger partial charge in [-0.2, -0.15) is 5.06 Å². The lowest BCUT2D eigenvalue weighted by Crippen LogP contribution is -2.41. The molecule has 0 aromatic heterocycles. The first-order valence-corrected chi connectivity index (χ1v) is 8.55. The molecule has 0 fully saturated rings. The molecule has 0 aromatic carbocycles. The topological polar surface area (TPSA) is 43.8 Å². The highest BCUT2D eigenvalue weighted by molar-refractivity contribution is 5.86. The van der Waals surface area contributed by atoms with Gasteiger partial charge in [-0.05, 0) is 55.5 Å². The smallest absolute Gasteiger partial charge is 0.254 e. The molecule has 1 amide bonds. The number of hydrogen-bond acceptors (Lipinski definition) is 3. The molecule has 22 heavy (non-hydrogen) atoms. The fourth-order valence-corrected chi connectivity index (χ4v) is 4.04. The second-order valence-corrected chi connectivity index (χ2v) is 6.44. The Morgan fingerprint density at radius 2 is 2.05 bits per heavy atom. The Balaban J connectivity index is 1.98. The molecule has 3 rings (SSSR count). The number of rotatable bonds is 5. The molecule has 4 nitrogen and oxygen atoms in total. The normalized spacial score (nSPS) is 24.5. The molecule has 1 heterocycles. The molecule has 0 aromatic rings. The lowest BCUT2D eigenvalue weighted by molar-refractivity contribution is -0.153. The third-order valence-corrected chi connectivity index (χ3v) is 4.96. The summed E-state index contributed by atoms with van der Waals surface area (Å²) in [7, 11) is 0. The molecule has 4 heteroatoms. The number of carbonyl (C=O) groups excluding carboxylic acids is 1. The Morgan fingerprint density at radius 1 is 1.32 bits per heavy atom. The van der Waals surface area contributed by atoms with Gasteiger partial charge in [0.15, 0.2) is 0 Å². The van der Waals surface area contributed by atoms with Crippen LogP contribution in [-0.2, 0) is 4.79 Å². The van der Waals surface area contributed by atoms with E-state index in [0.717, 1.165) is 61.5 Å². The fourth-order valence-electron chi connectivity index (χ4n) is 4.04. The van der Waals surface area contributed by atoms with Gasteiger partial charge in [-0.25, -0.2) is 0 Å². The van der Waals surface area contributed by atoms with E-state index in [1.165, 1.54) is 11.1 Å². The van der Waals surface area contributed by atoms with Crippen LogP contribution in [0.25, 0.3) is 0 Å². The highest BCUT2D eigenvalue weighted by Crippen LogP contribution is 2.43. The van der Waals surface area contributed by atoms with Crippen molar-refractivity contribution in [2.45, 2.75) is 58.4 Å². The van der Waals surface area contributed by atoms with Gasteiger partial charge in [-0.15, -0.1) is 0 Å². The van der Waals surface area contributed by atoms with Crippen LogP contribution in [0.5, 0.6) is 0 Å². The quantitative estimate of drug-likeness (QED) is 0.792. The maximum Gasteiger partial charge on any atom is 0.254 e. The van der Waals surface area contributed by atoms with Crippen LogP contribution in [0.3, 0.4) is 0 Å². The van der Waals surface area contributed by atoms with Crippen molar-refractivity contribution in [3.05, 3.63) is 34.6 Å². The molecule has 0 saturated carbocycles. The third kappa shape index (κ3) is 2.55. The van der Waals surface area contributed by atoms with Crippen molar-refractivity contribution >= 4 is 5.91 Å². The van der Waals surface area contributed by atoms with Gasteiger partial charge in [0.1, 0.15) is 0 Å². The third-order valence-electron chi connectivity index (χ3n) is 4.96. The highest BCUT2D eigenvalue weighted by Gasteiger charge is 2.39. The summed E-state index contributed by atoms with van der Waals surface area (Å²) < 4.78 is 0. The fraction of sp³-hybridized carbons (Fsp3) is 0.611. The van der Waals surface area contributed by atoms with Crippen molar-refractivity contribution in [3.8, 4) is 0 Å². The first kappa shape index (κ1) is 15.5. The molecule has 1 unspecified atom stereocenters. The van der Waals surface area contributed by atoms with E-state index in [1.807, 2.05) is 0 Å². The Bertz CT molecular complexity index is 553. The summed E-state index contributed by atoms with van der Waals surface area (Å²) in [4.78, 5) is 14.5. The van der Waals surface area contributed by atoms with E-state index in [1.54, 1.807) is 0 Å². The number of nitrogens with zero attached hydrogens (tertiary/aromatic N) is 2. The van der Waals surface area contributed by atoms with E-state index in [0.29, 0.717) is 12.5 Å². The van der Waals surface area contributed by atoms with Crippen molar-refractivity contribution < 1.29 is 10.0 Å². The standard InChI is InChI=1S/C18H26N2O2/c1-3-9-19(10-4-2)16-12-17-15(11-18(21)20(17)22)13-7-5-6-8-14(13)16/h5,7,16,22H,3-4,6,8-12H2,1-2H3. The Hall–Kier alpha value is -1.39. The van der Waals surface area contributed by atoms with Gasteiger partial charge in [0.2, 0.25) is 0 Å². The van der Waals surface area contributed by atoms with Gasteiger partial charge in [0, 0.05) is 12.5 Å². The number of amides is 1. The molecule has 2 aliphatic carbocycles. The van der Waals surface area contributed by atoms with Crippen LogP contribution in [0.4, 0.5) is 0 Å². The highest BCUT2D eigenvalue weighted by atomic mass is 16.5. The van der Waals surface area contributed by atoms with Gasteiger partial charge >= 0.3 is 0 Å². The largest absolute Gasteiger partial charge is 0.296 e. The van der Waals surface area contributed by atoms with Gasteiger partial charge in [0.25, 0.3) is 5.91 Å². The minimum atomic E-state index is -0.186. The van der Waals surface area contributed by atoms with Crippen molar-refractivity contribution in [2.75, 3.05) is 13.1 Å². The summed E-state index contributed by atoms with van der Waals surface area (Å²) in [5.41, 5.74) is 4.59. The molecule has 1 atom stereocenters. The molecule has 3 aliphatic rings. The van der Waals surface area contributed by atoms with Crippen LogP contribution in [0.2, 0.25) is 0 Å². The van der Waals surface area contributed by atoms with E-state index in [-0.39, 0.29) is 5.91 Å². The molecule has 0 saturated heterocycles. The summed E-state index contributed by atoms with van der Waals surface area (Å²) >= 11 is 0. The maximum atomic E-state index is 11.9. The number of allylic oxidation sites excluding steroid dienone is 3. The van der Waals surface area contributed by atoms with Crippen LogP contribution < -0.4 is 0 Å². The molecule has 0 radical (unpaired) electrons. The van der Waals surface area contributed by atoms with Crippen molar-refractivity contribution in [3.63, 3.8) is 0 Å². The van der Waals surface area contributed by atoms with Crippen molar-refractivity contribution in [2.24, 2.45) is 0 Å². The number of fused-ring (bicyclic) bond motifs is 1. The molecule has 0 bridgehead atoms. The molecular formula is C18H26N2O2. The Kier molecular flexibility index (Phi) is 4.50. The van der Waals surface area contributed by atoms with E-state index in [2.05, 4.69) is 30.9 Å². The summed E-state index contributed by atoms with van der Waals surface area (Å²) in [6, 6.07) is 0.333. The van der Waals surface area contributed by atoms with Gasteiger partial charge in [-0.1, -0.05) is 26.0 Å². The number of carbonyl (C=O) groups is 1. The first-order valence-electron chi connectivity index (χ1n) is 8.55. The maximum absolute atomic E-state index is 11.9. The van der Waals surface area contributed by atoms with Crippen molar-refractivity contribution in [1.29, 1.82) is 0 Å². The van der Waals surface area contributed by atoms with E-state index in [4.69, 9.17) is 0 Å². The van der Waals surface area contributed by atoms with Gasteiger partial charge < -0.3 is 0 Å². The minimum absolute atomic E-state index is 0.186. The molecule has 120 valence electrons. The SMILES string of the molecule is CCCN(CCC)C1CC2=C(CC(=O)N2O)C2=C1CCC=C2. The summed E-state index contributed by atoms with van der Waals surface area (Å²) in [5, 5.41) is 11.0. The first-order chi connectivity index (χ1) is 10.7. The lowest BCUT2D eigenvalue weighted by atomic mass is 9.80.